The Bertz CT molecular complexity index is 776. The van der Waals surface area contributed by atoms with Gasteiger partial charge >= 0.3 is 0 Å². The second-order valence-corrected chi connectivity index (χ2v) is 7.80. The molecule has 5 heteroatoms. The molecule has 0 radical (unpaired) electrons. The Morgan fingerprint density at radius 2 is 1.32 bits per heavy atom. The van der Waals surface area contributed by atoms with E-state index in [1.807, 2.05) is 74.5 Å². The molecule has 1 aliphatic heterocycles. The lowest BCUT2D eigenvalue weighted by Gasteiger charge is -2.28. The van der Waals surface area contributed by atoms with Crippen LogP contribution < -0.4 is 0 Å². The molecule has 0 aromatic heterocycles. The summed E-state index contributed by atoms with van der Waals surface area (Å²) in [4.78, 5) is 11.9. The lowest BCUT2D eigenvalue weighted by Crippen LogP contribution is -2.39. The average Bonchev–Trinajstić information content (AvgIpc) is 3.15. The van der Waals surface area contributed by atoms with Crippen LogP contribution in [0.25, 0.3) is 0 Å². The van der Waals surface area contributed by atoms with Crippen molar-refractivity contribution in [3.63, 3.8) is 0 Å². The third-order valence-electron chi connectivity index (χ3n) is 5.30. The summed E-state index contributed by atoms with van der Waals surface area (Å²) in [5.74, 6) is -1.17. The lowest BCUT2D eigenvalue weighted by molar-refractivity contribution is -0.195. The zero-order valence-corrected chi connectivity index (χ0v) is 16.2. The Hall–Kier alpha value is -2.05. The molecule has 5 atom stereocenters. The quantitative estimate of drug-likeness (QED) is 0.686. The van der Waals surface area contributed by atoms with Gasteiger partial charge in [-0.25, -0.2) is 0 Å². The smallest absolute Gasteiger partial charge is 0.163 e. The fourth-order valence-corrected chi connectivity index (χ4v) is 4.05. The van der Waals surface area contributed by atoms with Gasteiger partial charge in [-0.2, -0.15) is 0 Å². The zero-order chi connectivity index (χ0) is 19.6. The number of ether oxygens (including phenoxy) is 4. The Morgan fingerprint density at radius 3 is 1.86 bits per heavy atom. The monoisotopic (exact) mass is 382 g/mol. The van der Waals surface area contributed by atoms with E-state index in [0.717, 1.165) is 17.4 Å². The van der Waals surface area contributed by atoms with Crippen molar-refractivity contribution >= 4 is 6.29 Å². The molecule has 2 fully saturated rings. The molecule has 2 aromatic rings. The molecule has 4 rings (SSSR count). The van der Waals surface area contributed by atoms with Crippen LogP contribution in [0.2, 0.25) is 0 Å². The molecule has 2 aliphatic rings. The van der Waals surface area contributed by atoms with E-state index in [1.54, 1.807) is 0 Å². The summed E-state index contributed by atoms with van der Waals surface area (Å²) in [5.41, 5.74) is 2.11. The van der Waals surface area contributed by atoms with Crippen LogP contribution in [0.4, 0.5) is 0 Å². The van der Waals surface area contributed by atoms with E-state index in [4.69, 9.17) is 18.9 Å². The van der Waals surface area contributed by atoms with Crippen molar-refractivity contribution in [3.8, 4) is 0 Å². The van der Waals surface area contributed by atoms with Crippen molar-refractivity contribution in [2.24, 2.45) is 5.92 Å². The molecular weight excluding hydrogens is 356 g/mol. The van der Waals surface area contributed by atoms with Crippen molar-refractivity contribution in [3.05, 3.63) is 71.8 Å². The molecule has 1 heterocycles. The van der Waals surface area contributed by atoms with Gasteiger partial charge in [-0.3, -0.25) is 0 Å². The highest BCUT2D eigenvalue weighted by atomic mass is 16.8. The van der Waals surface area contributed by atoms with E-state index >= 15 is 0 Å². The fourth-order valence-electron chi connectivity index (χ4n) is 4.05. The Morgan fingerprint density at radius 1 is 0.821 bits per heavy atom. The number of rotatable bonds is 7. The van der Waals surface area contributed by atoms with Gasteiger partial charge in [0, 0.05) is 0 Å². The maximum absolute atomic E-state index is 11.9. The molecule has 0 unspecified atom stereocenters. The molecule has 1 aliphatic carbocycles. The van der Waals surface area contributed by atoms with Gasteiger partial charge < -0.3 is 23.7 Å². The van der Waals surface area contributed by atoms with E-state index in [-0.39, 0.29) is 18.3 Å². The van der Waals surface area contributed by atoms with Gasteiger partial charge in [0.15, 0.2) is 5.79 Å². The predicted molar refractivity (Wildman–Crippen MR) is 103 cm³/mol. The van der Waals surface area contributed by atoms with Crippen molar-refractivity contribution in [2.75, 3.05) is 0 Å². The number of carbonyl (C=O) groups is 1. The molecule has 5 nitrogen and oxygen atoms in total. The molecule has 0 amide bonds. The first-order chi connectivity index (χ1) is 13.6. The largest absolute Gasteiger partial charge is 0.370 e. The minimum atomic E-state index is -0.741. The van der Waals surface area contributed by atoms with Crippen LogP contribution in [0.15, 0.2) is 60.7 Å². The predicted octanol–water partition coefficient (Wildman–Crippen LogP) is 3.51. The second-order valence-electron chi connectivity index (χ2n) is 7.80. The number of benzene rings is 2. The first kappa shape index (κ1) is 19.3. The third kappa shape index (κ3) is 4.03. The van der Waals surface area contributed by atoms with Crippen LogP contribution in [0.1, 0.15) is 25.0 Å². The first-order valence-electron chi connectivity index (χ1n) is 9.69. The number of aldehydes is 1. The average molecular weight is 382 g/mol. The summed E-state index contributed by atoms with van der Waals surface area (Å²) in [6.45, 7) is 4.56. The van der Waals surface area contributed by atoms with E-state index < -0.39 is 17.8 Å². The first-order valence-corrected chi connectivity index (χ1v) is 9.69. The second kappa shape index (κ2) is 8.13. The molecular formula is C23H26O5. The van der Waals surface area contributed by atoms with Gasteiger partial charge in [-0.15, -0.1) is 0 Å². The maximum Gasteiger partial charge on any atom is 0.163 e. The Kier molecular flexibility index (Phi) is 5.60. The summed E-state index contributed by atoms with van der Waals surface area (Å²) >= 11 is 0. The van der Waals surface area contributed by atoms with Gasteiger partial charge in [-0.1, -0.05) is 60.7 Å². The summed E-state index contributed by atoms with van der Waals surface area (Å²) < 4.78 is 24.6. The maximum atomic E-state index is 11.9. The molecule has 1 saturated heterocycles. The number of carbonyl (C=O) groups excluding carboxylic acids is 1. The van der Waals surface area contributed by atoms with Crippen LogP contribution in [0.3, 0.4) is 0 Å². The van der Waals surface area contributed by atoms with Gasteiger partial charge in [-0.05, 0) is 25.0 Å². The van der Waals surface area contributed by atoms with Gasteiger partial charge in [0.05, 0.1) is 25.2 Å². The summed E-state index contributed by atoms with van der Waals surface area (Å²) in [5, 5.41) is 0. The van der Waals surface area contributed by atoms with Crippen LogP contribution >= 0.6 is 0 Å². The highest BCUT2D eigenvalue weighted by Gasteiger charge is 2.60. The standard InChI is InChI=1S/C23H26O5/c1-23(2)27-20-18(13-24)19(25-14-16-9-5-3-6-10-16)21(22(20)28-23)26-15-17-11-7-4-8-12-17/h3-13,18-22H,14-15H2,1-2H3/t18-,19+,20+,21+,22+/m0/s1. The van der Waals surface area contributed by atoms with Crippen LogP contribution in [-0.4, -0.2) is 36.5 Å². The van der Waals surface area contributed by atoms with Crippen LogP contribution in [0.5, 0.6) is 0 Å². The van der Waals surface area contributed by atoms with Gasteiger partial charge in [0.25, 0.3) is 0 Å². The van der Waals surface area contributed by atoms with Crippen molar-refractivity contribution < 1.29 is 23.7 Å². The van der Waals surface area contributed by atoms with Crippen LogP contribution in [0, 0.1) is 5.92 Å². The fraction of sp³-hybridized carbons (Fsp3) is 0.435. The lowest BCUT2D eigenvalue weighted by atomic mass is 10.1. The van der Waals surface area contributed by atoms with Gasteiger partial charge in [0.1, 0.15) is 24.6 Å². The SMILES string of the molecule is CC1(C)O[C@H]2[C@H](OCc3ccccc3)[C@H](OCc3ccccc3)[C@H](C=O)[C@H]2O1. The molecule has 148 valence electrons. The highest BCUT2D eigenvalue weighted by molar-refractivity contribution is 5.57. The number of hydrogen-bond donors (Lipinski definition) is 0. The van der Waals surface area contributed by atoms with Crippen molar-refractivity contribution in [1.29, 1.82) is 0 Å². The summed E-state index contributed by atoms with van der Waals surface area (Å²) in [6.07, 6.45) is -0.591. The van der Waals surface area contributed by atoms with Crippen molar-refractivity contribution in [1.82, 2.24) is 0 Å². The van der Waals surface area contributed by atoms with E-state index in [2.05, 4.69) is 0 Å². The normalized spacial score (nSPS) is 30.9. The summed E-state index contributed by atoms with van der Waals surface area (Å²) in [7, 11) is 0. The van der Waals surface area contributed by atoms with Crippen LogP contribution in [-0.2, 0) is 37.0 Å². The molecule has 28 heavy (non-hydrogen) atoms. The highest BCUT2D eigenvalue weighted by Crippen LogP contribution is 2.44. The molecule has 1 saturated carbocycles. The topological polar surface area (TPSA) is 54.0 Å². The minimum Gasteiger partial charge on any atom is -0.370 e. The minimum absolute atomic E-state index is 0.338. The zero-order valence-electron chi connectivity index (χ0n) is 16.2. The number of fused-ring (bicyclic) bond motifs is 1. The van der Waals surface area contributed by atoms with Gasteiger partial charge in [0.2, 0.25) is 0 Å². The molecule has 0 bridgehead atoms. The van der Waals surface area contributed by atoms with Crippen molar-refractivity contribution in [2.45, 2.75) is 57.3 Å². The van der Waals surface area contributed by atoms with E-state index in [0.29, 0.717) is 13.2 Å². The van der Waals surface area contributed by atoms with E-state index in [9.17, 15) is 4.79 Å². The summed E-state index contributed by atoms with van der Waals surface area (Å²) in [6, 6.07) is 19.9. The molecule has 0 N–H and O–H groups in total. The third-order valence-corrected chi connectivity index (χ3v) is 5.30. The molecule has 0 spiro atoms. The number of hydrogen-bond acceptors (Lipinski definition) is 5. The molecule has 2 aromatic carbocycles. The Balaban J connectivity index is 1.52. The van der Waals surface area contributed by atoms with E-state index in [1.165, 1.54) is 0 Å². The Labute approximate surface area is 165 Å².